The number of rotatable bonds is 3. The number of hydrogen-bond donors (Lipinski definition) is 0. The topological polar surface area (TPSA) is 69.9 Å². The van der Waals surface area contributed by atoms with E-state index in [1.54, 1.807) is 12.1 Å². The molecule has 2 heterocycles. The predicted molar refractivity (Wildman–Crippen MR) is 64.3 cm³/mol. The Hall–Kier alpha value is -1.96. The molecule has 1 atom stereocenters. The molecule has 0 N–H and O–H groups in total. The van der Waals surface area contributed by atoms with Gasteiger partial charge in [-0.3, -0.25) is 4.79 Å². The molecule has 19 heavy (non-hydrogen) atoms. The molecule has 8 heteroatoms. The summed E-state index contributed by atoms with van der Waals surface area (Å²) in [7, 11) is 0. The number of halogens is 1. The molecule has 3 rings (SSSR count). The highest BCUT2D eigenvalue weighted by atomic mass is 32.2. The van der Waals surface area contributed by atoms with Crippen molar-refractivity contribution in [2.24, 2.45) is 0 Å². The molecule has 0 radical (unpaired) electrons. The van der Waals surface area contributed by atoms with Crippen LogP contribution in [0.2, 0.25) is 0 Å². The molecule has 98 valence electrons. The lowest BCUT2D eigenvalue weighted by Gasteiger charge is -2.06. The summed E-state index contributed by atoms with van der Waals surface area (Å²) in [6, 6.07) is 5.93. The van der Waals surface area contributed by atoms with Crippen molar-refractivity contribution in [3.63, 3.8) is 0 Å². The van der Waals surface area contributed by atoms with Crippen LogP contribution in [0.3, 0.4) is 0 Å². The van der Waals surface area contributed by atoms with E-state index in [4.69, 9.17) is 4.74 Å². The molecule has 0 unspecified atom stereocenters. The number of nitrogens with zero attached hydrogens (tertiary/aromatic N) is 4. The molecule has 0 saturated carbocycles. The first kappa shape index (κ1) is 12.1. The average molecular weight is 280 g/mol. The summed E-state index contributed by atoms with van der Waals surface area (Å²) in [5.41, 5.74) is 0.513. The fraction of sp³-hybridized carbons (Fsp3) is 0.273. The zero-order chi connectivity index (χ0) is 13.2. The minimum atomic E-state index is -0.371. The predicted octanol–water partition coefficient (Wildman–Crippen LogP) is 1.21. The second-order valence-corrected chi connectivity index (χ2v) is 5.09. The van der Waals surface area contributed by atoms with Gasteiger partial charge in [-0.25, -0.2) is 4.39 Å². The molecule has 1 aliphatic heterocycles. The average Bonchev–Trinajstić information content (AvgIpc) is 3.00. The summed E-state index contributed by atoms with van der Waals surface area (Å²) >= 11 is 1.22. The van der Waals surface area contributed by atoms with Gasteiger partial charge in [-0.2, -0.15) is 4.68 Å². The van der Waals surface area contributed by atoms with Crippen LogP contribution in [0, 0.1) is 5.82 Å². The Morgan fingerprint density at radius 2 is 2.37 bits per heavy atom. The molecule has 1 aliphatic rings. The van der Waals surface area contributed by atoms with E-state index in [0.29, 0.717) is 23.9 Å². The van der Waals surface area contributed by atoms with Crippen molar-refractivity contribution in [2.75, 3.05) is 6.61 Å². The van der Waals surface area contributed by atoms with Crippen LogP contribution in [-0.2, 0) is 9.53 Å². The van der Waals surface area contributed by atoms with E-state index in [0.717, 1.165) is 0 Å². The van der Waals surface area contributed by atoms with Gasteiger partial charge in [0.05, 0.1) is 12.3 Å². The largest absolute Gasteiger partial charge is 0.465 e. The summed E-state index contributed by atoms with van der Waals surface area (Å²) < 4.78 is 19.5. The van der Waals surface area contributed by atoms with E-state index in [9.17, 15) is 9.18 Å². The maximum atomic E-state index is 13.2. The van der Waals surface area contributed by atoms with Gasteiger partial charge in [0.1, 0.15) is 11.1 Å². The van der Waals surface area contributed by atoms with Crippen LogP contribution < -0.4 is 0 Å². The van der Waals surface area contributed by atoms with Crippen molar-refractivity contribution in [3.8, 4) is 5.69 Å². The van der Waals surface area contributed by atoms with E-state index in [2.05, 4.69) is 15.5 Å². The number of ether oxygens (including phenoxy) is 1. The van der Waals surface area contributed by atoms with Gasteiger partial charge in [0.25, 0.3) is 0 Å². The Kier molecular flexibility index (Phi) is 3.16. The fourth-order valence-corrected chi connectivity index (χ4v) is 2.69. The van der Waals surface area contributed by atoms with E-state index in [1.165, 1.54) is 28.6 Å². The molecule has 1 aromatic carbocycles. The zero-order valence-electron chi connectivity index (χ0n) is 9.69. The van der Waals surface area contributed by atoms with E-state index in [-0.39, 0.29) is 17.0 Å². The lowest BCUT2D eigenvalue weighted by molar-refractivity contribution is -0.137. The molecule has 0 amide bonds. The van der Waals surface area contributed by atoms with Crippen molar-refractivity contribution in [2.45, 2.75) is 16.8 Å². The van der Waals surface area contributed by atoms with Crippen LogP contribution in [0.4, 0.5) is 4.39 Å². The van der Waals surface area contributed by atoms with Crippen LogP contribution in [0.5, 0.6) is 0 Å². The zero-order valence-corrected chi connectivity index (χ0v) is 10.5. The van der Waals surface area contributed by atoms with E-state index < -0.39 is 0 Å². The maximum Gasteiger partial charge on any atom is 0.319 e. The minimum absolute atomic E-state index is 0.265. The monoisotopic (exact) mass is 280 g/mol. The molecule has 1 saturated heterocycles. The molecular weight excluding hydrogens is 271 g/mol. The first-order chi connectivity index (χ1) is 9.24. The van der Waals surface area contributed by atoms with E-state index >= 15 is 0 Å². The normalized spacial score (nSPS) is 18.6. The number of thioether (sulfide) groups is 1. The van der Waals surface area contributed by atoms with Gasteiger partial charge < -0.3 is 4.74 Å². The highest BCUT2D eigenvalue weighted by molar-refractivity contribution is 8.00. The molecule has 6 nitrogen and oxygen atoms in total. The summed E-state index contributed by atoms with van der Waals surface area (Å²) in [5, 5.41) is 11.4. The summed E-state index contributed by atoms with van der Waals surface area (Å²) in [6.07, 6.45) is 0.625. The van der Waals surface area contributed by atoms with Crippen molar-refractivity contribution >= 4 is 17.7 Å². The van der Waals surface area contributed by atoms with Crippen LogP contribution in [-0.4, -0.2) is 38.0 Å². The molecule has 2 aromatic rings. The Morgan fingerprint density at radius 3 is 3.11 bits per heavy atom. The SMILES string of the molecule is O=C1OCC[C@H]1Sc1nnnn1-c1cccc(F)c1. The summed E-state index contributed by atoms with van der Waals surface area (Å²) in [4.78, 5) is 11.4. The summed E-state index contributed by atoms with van der Waals surface area (Å²) in [6.45, 7) is 0.415. The van der Waals surface area contributed by atoms with Gasteiger partial charge in [0.2, 0.25) is 5.16 Å². The molecule has 0 spiro atoms. The number of esters is 1. The van der Waals surface area contributed by atoms with Gasteiger partial charge >= 0.3 is 5.97 Å². The quantitative estimate of drug-likeness (QED) is 0.787. The number of hydrogen-bond acceptors (Lipinski definition) is 6. The number of carbonyl (C=O) groups excluding carboxylic acids is 1. The number of tetrazole rings is 1. The third-order valence-corrected chi connectivity index (χ3v) is 3.81. The first-order valence-corrected chi connectivity index (χ1v) is 6.49. The van der Waals surface area contributed by atoms with Gasteiger partial charge in [0.15, 0.2) is 0 Å². The smallest absolute Gasteiger partial charge is 0.319 e. The number of carbonyl (C=O) groups is 1. The van der Waals surface area contributed by atoms with Crippen LogP contribution in [0.1, 0.15) is 6.42 Å². The van der Waals surface area contributed by atoms with Crippen LogP contribution >= 0.6 is 11.8 Å². The number of aromatic nitrogens is 4. The van der Waals surface area contributed by atoms with Gasteiger partial charge in [-0.05, 0) is 28.6 Å². The fourth-order valence-electron chi connectivity index (χ4n) is 1.73. The highest BCUT2D eigenvalue weighted by Crippen LogP contribution is 2.28. The first-order valence-electron chi connectivity index (χ1n) is 5.61. The van der Waals surface area contributed by atoms with Crippen LogP contribution in [0.15, 0.2) is 29.4 Å². The maximum absolute atomic E-state index is 13.2. The van der Waals surface area contributed by atoms with E-state index in [1.807, 2.05) is 0 Å². The lowest BCUT2D eigenvalue weighted by Crippen LogP contribution is -2.11. The Morgan fingerprint density at radius 1 is 1.47 bits per heavy atom. The number of cyclic esters (lactones) is 1. The lowest BCUT2D eigenvalue weighted by atomic mass is 10.3. The van der Waals surface area contributed by atoms with Gasteiger partial charge in [0, 0.05) is 6.42 Å². The molecule has 0 aliphatic carbocycles. The van der Waals surface area contributed by atoms with Crippen molar-refractivity contribution in [1.82, 2.24) is 20.2 Å². The van der Waals surface area contributed by atoms with Crippen LogP contribution in [0.25, 0.3) is 5.69 Å². The summed E-state index contributed by atoms with van der Waals surface area (Å²) in [5.74, 6) is -0.636. The van der Waals surface area contributed by atoms with Crippen molar-refractivity contribution < 1.29 is 13.9 Å². The third-order valence-electron chi connectivity index (χ3n) is 2.63. The molecule has 0 bridgehead atoms. The molecule has 1 aromatic heterocycles. The Bertz CT molecular complexity index is 618. The standard InChI is InChI=1S/C11H9FN4O2S/c12-7-2-1-3-8(6-7)16-11(13-14-15-16)19-9-4-5-18-10(9)17/h1-3,6,9H,4-5H2/t9-/m1/s1. The van der Waals surface area contributed by atoms with Gasteiger partial charge in [-0.15, -0.1) is 5.10 Å². The highest BCUT2D eigenvalue weighted by Gasteiger charge is 2.29. The molecule has 1 fully saturated rings. The second kappa shape index (κ2) is 4.96. The van der Waals surface area contributed by atoms with Crippen molar-refractivity contribution in [3.05, 3.63) is 30.1 Å². The second-order valence-electron chi connectivity index (χ2n) is 3.92. The third kappa shape index (κ3) is 2.43. The Balaban J connectivity index is 1.88. The molecular formula is C11H9FN4O2S. The number of benzene rings is 1. The van der Waals surface area contributed by atoms with Gasteiger partial charge in [-0.1, -0.05) is 17.8 Å². The van der Waals surface area contributed by atoms with Crippen molar-refractivity contribution in [1.29, 1.82) is 0 Å². The minimum Gasteiger partial charge on any atom is -0.465 e. The Labute approximate surface area is 111 Å².